The first-order chi connectivity index (χ1) is 21.2. The zero-order valence-corrected chi connectivity index (χ0v) is 26.5. The first-order valence-electron chi connectivity index (χ1n) is 15.7. The smallest absolute Gasteiger partial charge is 0.165 e. The van der Waals surface area contributed by atoms with Gasteiger partial charge < -0.3 is 20.3 Å². The van der Waals surface area contributed by atoms with E-state index in [9.17, 15) is 14.6 Å². The van der Waals surface area contributed by atoms with Gasteiger partial charge in [-0.3, -0.25) is 4.90 Å². The lowest BCUT2D eigenvalue weighted by molar-refractivity contribution is 0.170. The largest absolute Gasteiger partial charge is 0.508 e. The number of rotatable bonds is 16. The quantitative estimate of drug-likeness (QED) is 0.115. The van der Waals surface area contributed by atoms with E-state index in [1.165, 1.54) is 11.6 Å². The number of para-hydroxylation sites is 1. The molecule has 0 heterocycles. The Kier molecular flexibility index (Phi) is 12.2. The van der Waals surface area contributed by atoms with Gasteiger partial charge in [-0.05, 0) is 94.6 Å². The second-order valence-corrected chi connectivity index (χ2v) is 12.0. The average molecular weight is 599 g/mol. The number of nitrogens with zero attached hydrogens (tertiary/aromatic N) is 1. The molecule has 4 aromatic rings. The third-order valence-electron chi connectivity index (χ3n) is 8.23. The van der Waals surface area contributed by atoms with E-state index >= 15 is 0 Å². The lowest BCUT2D eigenvalue weighted by atomic mass is 9.86. The highest BCUT2D eigenvalue weighted by Crippen LogP contribution is 2.35. The summed E-state index contributed by atoms with van der Waals surface area (Å²) < 4.78 is 19.6. The number of phenolic OH excluding ortho intramolecular Hbond substituents is 2. The van der Waals surface area contributed by atoms with E-state index in [0.717, 1.165) is 48.2 Å². The summed E-state index contributed by atoms with van der Waals surface area (Å²) in [6.45, 7) is 11.6. The Morgan fingerprint density at radius 3 is 2.20 bits per heavy atom. The minimum Gasteiger partial charge on any atom is -0.508 e. The Morgan fingerprint density at radius 1 is 0.795 bits per heavy atom. The van der Waals surface area contributed by atoms with Crippen LogP contribution in [0.1, 0.15) is 67.9 Å². The molecule has 234 valence electrons. The maximum absolute atomic E-state index is 13.5. The van der Waals surface area contributed by atoms with Crippen molar-refractivity contribution in [1.82, 2.24) is 10.2 Å². The van der Waals surface area contributed by atoms with Crippen molar-refractivity contribution in [3.05, 3.63) is 125 Å². The van der Waals surface area contributed by atoms with Crippen LogP contribution >= 0.6 is 0 Å². The minimum atomic E-state index is -0.600. The van der Waals surface area contributed by atoms with Crippen LogP contribution < -0.4 is 10.1 Å². The molecule has 3 N–H and O–H groups in total. The molecule has 0 radical (unpaired) electrons. The number of ether oxygens (including phenoxy) is 1. The van der Waals surface area contributed by atoms with Crippen LogP contribution in [-0.4, -0.2) is 46.9 Å². The van der Waals surface area contributed by atoms with Crippen LogP contribution in [0, 0.1) is 5.82 Å². The molecule has 0 aliphatic rings. The van der Waals surface area contributed by atoms with Crippen LogP contribution in [0.5, 0.6) is 17.2 Å². The van der Waals surface area contributed by atoms with Gasteiger partial charge in [-0.15, -0.1) is 0 Å². The van der Waals surface area contributed by atoms with Gasteiger partial charge in [0.15, 0.2) is 11.6 Å². The molecule has 0 aliphatic heterocycles. The predicted molar refractivity (Wildman–Crippen MR) is 177 cm³/mol. The van der Waals surface area contributed by atoms with Crippen molar-refractivity contribution in [2.75, 3.05) is 19.7 Å². The first kappa shape index (κ1) is 33.0. The van der Waals surface area contributed by atoms with Crippen LogP contribution in [0.2, 0.25) is 0 Å². The number of halogens is 1. The van der Waals surface area contributed by atoms with Crippen molar-refractivity contribution < 1.29 is 19.3 Å². The fourth-order valence-corrected chi connectivity index (χ4v) is 5.81. The highest BCUT2D eigenvalue weighted by Gasteiger charge is 2.21. The number of phenols is 2. The number of hydrogen-bond acceptors (Lipinski definition) is 5. The third kappa shape index (κ3) is 9.31. The molecule has 0 spiro atoms. The van der Waals surface area contributed by atoms with Crippen LogP contribution in [0.25, 0.3) is 0 Å². The van der Waals surface area contributed by atoms with Crippen LogP contribution in [0.4, 0.5) is 4.39 Å². The number of benzene rings is 4. The summed E-state index contributed by atoms with van der Waals surface area (Å²) in [5.41, 5.74) is 5.03. The second kappa shape index (κ2) is 16.3. The normalized spacial score (nSPS) is 12.3. The van der Waals surface area contributed by atoms with Gasteiger partial charge in [-0.25, -0.2) is 4.39 Å². The highest BCUT2D eigenvalue weighted by molar-refractivity contribution is 5.44. The summed E-state index contributed by atoms with van der Waals surface area (Å²) in [5, 5.41) is 24.0. The summed E-state index contributed by atoms with van der Waals surface area (Å²) in [4.78, 5) is 2.51. The lowest BCUT2D eigenvalue weighted by Crippen LogP contribution is -2.38. The van der Waals surface area contributed by atoms with Gasteiger partial charge in [0.1, 0.15) is 11.5 Å². The molecule has 0 aliphatic carbocycles. The van der Waals surface area contributed by atoms with Gasteiger partial charge in [-0.1, -0.05) is 66.7 Å². The maximum Gasteiger partial charge on any atom is 0.165 e. The zero-order valence-electron chi connectivity index (χ0n) is 26.5. The molecule has 1 atom stereocenters. The van der Waals surface area contributed by atoms with Gasteiger partial charge >= 0.3 is 0 Å². The van der Waals surface area contributed by atoms with Crippen LogP contribution in [-0.2, 0) is 19.4 Å². The van der Waals surface area contributed by atoms with Crippen molar-refractivity contribution in [3.8, 4) is 17.2 Å². The van der Waals surface area contributed by atoms with Gasteiger partial charge in [-0.2, -0.15) is 0 Å². The fraction of sp³-hybridized carbons (Fsp3) is 0.368. The van der Waals surface area contributed by atoms with E-state index in [0.29, 0.717) is 43.1 Å². The summed E-state index contributed by atoms with van der Waals surface area (Å²) in [5.74, 6) is 0.355. The van der Waals surface area contributed by atoms with Crippen molar-refractivity contribution in [2.45, 2.75) is 71.5 Å². The van der Waals surface area contributed by atoms with E-state index in [1.54, 1.807) is 12.1 Å². The lowest BCUT2D eigenvalue weighted by Gasteiger charge is -2.32. The van der Waals surface area contributed by atoms with E-state index in [1.807, 2.05) is 30.3 Å². The molecule has 6 heteroatoms. The molecule has 0 unspecified atom stereocenters. The van der Waals surface area contributed by atoms with Gasteiger partial charge in [0.25, 0.3) is 0 Å². The Morgan fingerprint density at radius 2 is 1.50 bits per heavy atom. The van der Waals surface area contributed by atoms with Crippen molar-refractivity contribution in [2.24, 2.45) is 0 Å². The third-order valence-corrected chi connectivity index (χ3v) is 8.23. The molecule has 4 aromatic carbocycles. The van der Waals surface area contributed by atoms with Crippen LogP contribution in [0.3, 0.4) is 0 Å². The van der Waals surface area contributed by atoms with Gasteiger partial charge in [0.2, 0.25) is 0 Å². The fourth-order valence-electron chi connectivity index (χ4n) is 5.81. The number of aromatic hydroxyl groups is 2. The SMILES string of the molecule is CC(C)N(CC[C@H](c1ccccc1)c1cc(CCOc2ccc(CCNCc3cccc(F)c3O)cc2)ccc1O)C(C)C. The molecule has 0 saturated heterocycles. The van der Waals surface area contributed by atoms with Gasteiger partial charge in [0.05, 0.1) is 6.61 Å². The van der Waals surface area contributed by atoms with E-state index in [2.05, 4.69) is 80.4 Å². The molecular weight excluding hydrogens is 551 g/mol. The van der Waals surface area contributed by atoms with Crippen molar-refractivity contribution in [3.63, 3.8) is 0 Å². The summed E-state index contributed by atoms with van der Waals surface area (Å²) in [6, 6.07) is 30.0. The number of hydrogen-bond donors (Lipinski definition) is 3. The Labute approximate surface area is 262 Å². The van der Waals surface area contributed by atoms with E-state index in [-0.39, 0.29) is 11.7 Å². The summed E-state index contributed by atoms with van der Waals surface area (Å²) >= 11 is 0. The molecule has 5 nitrogen and oxygen atoms in total. The average Bonchev–Trinajstić information content (AvgIpc) is 3.01. The molecule has 0 fully saturated rings. The highest BCUT2D eigenvalue weighted by atomic mass is 19.1. The summed E-state index contributed by atoms with van der Waals surface area (Å²) in [7, 11) is 0. The Bertz CT molecular complexity index is 1430. The standard InChI is InChI=1S/C38H47FN2O3/c1-27(2)41(28(3)4)23-20-34(31-9-6-5-7-10-31)35-25-30(15-18-37(35)42)21-24-44-33-16-13-29(14-17-33)19-22-40-26-32-11-8-12-36(39)38(32)43/h5-18,25,27-28,34,40,42-43H,19-24,26H2,1-4H3/t34-/m1/s1. The zero-order chi connectivity index (χ0) is 31.5. The summed E-state index contributed by atoms with van der Waals surface area (Å²) in [6.07, 6.45) is 2.46. The van der Waals surface area contributed by atoms with E-state index < -0.39 is 5.82 Å². The molecule has 4 rings (SSSR count). The molecule has 0 aromatic heterocycles. The van der Waals surface area contributed by atoms with Crippen LogP contribution in [0.15, 0.2) is 91.0 Å². The Balaban J connectivity index is 1.32. The maximum atomic E-state index is 13.5. The van der Waals surface area contributed by atoms with Crippen molar-refractivity contribution >= 4 is 0 Å². The Hall–Kier alpha value is -3.87. The van der Waals surface area contributed by atoms with E-state index in [4.69, 9.17) is 4.74 Å². The first-order valence-corrected chi connectivity index (χ1v) is 15.7. The number of nitrogens with one attached hydrogen (secondary N) is 1. The minimum absolute atomic E-state index is 0.0960. The topological polar surface area (TPSA) is 65.0 Å². The molecule has 0 amide bonds. The van der Waals surface area contributed by atoms with Crippen molar-refractivity contribution in [1.29, 1.82) is 0 Å². The molecular formula is C38H47FN2O3. The second-order valence-electron chi connectivity index (χ2n) is 12.0. The monoisotopic (exact) mass is 598 g/mol. The molecule has 0 saturated carbocycles. The predicted octanol–water partition coefficient (Wildman–Crippen LogP) is 7.83. The molecule has 44 heavy (non-hydrogen) atoms. The van der Waals surface area contributed by atoms with Gasteiger partial charge in [0, 0.05) is 42.1 Å². The molecule has 0 bridgehead atoms.